The molecule has 2 N–H and O–H groups in total. The van der Waals surface area contributed by atoms with Crippen LogP contribution >= 0.6 is 11.3 Å². The van der Waals surface area contributed by atoms with Gasteiger partial charge in [-0.05, 0) is 31.5 Å². The largest absolute Gasteiger partial charge is 0.328 e. The maximum Gasteiger partial charge on any atom is 0.123 e. The molecule has 0 aliphatic rings. The standard InChI is InChI=1S/C13H15FN2S/c1-8(15)6-12-16-9(2)13(17-12)10-4-3-5-11(14)7-10/h3-5,7-8H,6,15H2,1-2H3. The van der Waals surface area contributed by atoms with Gasteiger partial charge in [0.15, 0.2) is 0 Å². The second-order valence-corrected chi connectivity index (χ2v) is 5.30. The topological polar surface area (TPSA) is 38.9 Å². The van der Waals surface area contributed by atoms with Crippen LogP contribution in [0.15, 0.2) is 24.3 Å². The van der Waals surface area contributed by atoms with Crippen molar-refractivity contribution in [1.82, 2.24) is 4.98 Å². The Kier molecular flexibility index (Phi) is 3.54. The number of benzene rings is 1. The van der Waals surface area contributed by atoms with E-state index in [9.17, 15) is 4.39 Å². The number of aromatic nitrogens is 1. The Bertz CT molecular complexity index is 520. The number of aryl methyl sites for hydroxylation is 1. The quantitative estimate of drug-likeness (QED) is 0.909. The van der Waals surface area contributed by atoms with Crippen LogP contribution in [0, 0.1) is 12.7 Å². The SMILES string of the molecule is Cc1nc(CC(C)N)sc1-c1cccc(F)c1. The average Bonchev–Trinajstić information content (AvgIpc) is 2.58. The first-order valence-corrected chi connectivity index (χ1v) is 6.35. The lowest BCUT2D eigenvalue weighted by atomic mass is 10.1. The van der Waals surface area contributed by atoms with E-state index in [4.69, 9.17) is 5.73 Å². The fourth-order valence-corrected chi connectivity index (χ4v) is 2.92. The summed E-state index contributed by atoms with van der Waals surface area (Å²) in [7, 11) is 0. The fraction of sp³-hybridized carbons (Fsp3) is 0.308. The van der Waals surface area contributed by atoms with Gasteiger partial charge in [-0.25, -0.2) is 9.37 Å². The van der Waals surface area contributed by atoms with Gasteiger partial charge < -0.3 is 5.73 Å². The first-order chi connectivity index (χ1) is 8.06. The molecule has 0 amide bonds. The molecular formula is C13H15FN2S. The summed E-state index contributed by atoms with van der Waals surface area (Å²) in [6, 6.07) is 6.70. The van der Waals surface area contributed by atoms with Crippen molar-refractivity contribution in [2.75, 3.05) is 0 Å². The zero-order valence-electron chi connectivity index (χ0n) is 9.90. The number of rotatable bonds is 3. The molecule has 2 nitrogen and oxygen atoms in total. The highest BCUT2D eigenvalue weighted by Crippen LogP contribution is 2.30. The molecule has 2 rings (SSSR count). The molecular weight excluding hydrogens is 235 g/mol. The van der Waals surface area contributed by atoms with Gasteiger partial charge >= 0.3 is 0 Å². The van der Waals surface area contributed by atoms with Crippen LogP contribution in [-0.4, -0.2) is 11.0 Å². The van der Waals surface area contributed by atoms with Crippen LogP contribution in [0.25, 0.3) is 10.4 Å². The molecule has 2 aromatic rings. The fourth-order valence-electron chi connectivity index (χ4n) is 1.71. The summed E-state index contributed by atoms with van der Waals surface area (Å²) in [4.78, 5) is 5.50. The molecule has 1 heterocycles. The number of nitrogens with zero attached hydrogens (tertiary/aromatic N) is 1. The molecule has 1 unspecified atom stereocenters. The van der Waals surface area contributed by atoms with Crippen molar-refractivity contribution >= 4 is 11.3 Å². The summed E-state index contributed by atoms with van der Waals surface area (Å²) < 4.78 is 13.2. The van der Waals surface area contributed by atoms with Gasteiger partial charge in [0.25, 0.3) is 0 Å². The van der Waals surface area contributed by atoms with Gasteiger partial charge in [0, 0.05) is 12.5 Å². The molecule has 1 aromatic heterocycles. The van der Waals surface area contributed by atoms with Crippen molar-refractivity contribution in [3.8, 4) is 10.4 Å². The molecule has 0 spiro atoms. The van der Waals surface area contributed by atoms with Crippen LogP contribution in [0.2, 0.25) is 0 Å². The number of halogens is 1. The van der Waals surface area contributed by atoms with Crippen LogP contribution in [0.1, 0.15) is 17.6 Å². The van der Waals surface area contributed by atoms with Crippen LogP contribution < -0.4 is 5.73 Å². The summed E-state index contributed by atoms with van der Waals surface area (Å²) in [5, 5.41) is 1.01. The molecule has 0 saturated carbocycles. The van der Waals surface area contributed by atoms with Crippen molar-refractivity contribution < 1.29 is 4.39 Å². The zero-order valence-corrected chi connectivity index (χ0v) is 10.7. The summed E-state index contributed by atoms with van der Waals surface area (Å²) in [6.07, 6.45) is 0.765. The Morgan fingerprint density at radius 2 is 2.24 bits per heavy atom. The Morgan fingerprint density at radius 3 is 2.88 bits per heavy atom. The predicted molar refractivity (Wildman–Crippen MR) is 69.6 cm³/mol. The molecule has 1 aromatic carbocycles. The highest BCUT2D eigenvalue weighted by Gasteiger charge is 2.11. The normalized spacial score (nSPS) is 12.7. The molecule has 0 fully saturated rings. The van der Waals surface area contributed by atoms with Gasteiger partial charge in [-0.1, -0.05) is 12.1 Å². The molecule has 0 aliphatic carbocycles. The van der Waals surface area contributed by atoms with E-state index in [1.54, 1.807) is 17.4 Å². The lowest BCUT2D eigenvalue weighted by Crippen LogP contribution is -2.17. The summed E-state index contributed by atoms with van der Waals surface area (Å²) in [5.74, 6) is -0.218. The predicted octanol–water partition coefficient (Wildman–Crippen LogP) is 3.15. The first kappa shape index (κ1) is 12.2. The van der Waals surface area contributed by atoms with Crippen LogP contribution in [0.5, 0.6) is 0 Å². The highest BCUT2D eigenvalue weighted by molar-refractivity contribution is 7.15. The minimum Gasteiger partial charge on any atom is -0.328 e. The van der Waals surface area contributed by atoms with Crippen molar-refractivity contribution in [2.45, 2.75) is 26.3 Å². The van der Waals surface area contributed by atoms with E-state index in [1.807, 2.05) is 19.9 Å². The summed E-state index contributed by atoms with van der Waals surface area (Å²) in [5.41, 5.74) is 7.58. The minimum absolute atomic E-state index is 0.0981. The summed E-state index contributed by atoms with van der Waals surface area (Å²) >= 11 is 1.59. The van der Waals surface area contributed by atoms with Crippen LogP contribution in [-0.2, 0) is 6.42 Å². The Morgan fingerprint density at radius 1 is 1.47 bits per heavy atom. The molecule has 90 valence electrons. The molecule has 0 bridgehead atoms. The second-order valence-electron chi connectivity index (χ2n) is 4.21. The smallest absolute Gasteiger partial charge is 0.123 e. The highest BCUT2D eigenvalue weighted by atomic mass is 32.1. The first-order valence-electron chi connectivity index (χ1n) is 5.54. The number of hydrogen-bond donors (Lipinski definition) is 1. The minimum atomic E-state index is -0.218. The van der Waals surface area contributed by atoms with Gasteiger partial charge in [-0.3, -0.25) is 0 Å². The molecule has 0 saturated heterocycles. The molecule has 1 atom stereocenters. The maximum absolute atomic E-state index is 13.2. The Labute approximate surface area is 104 Å². The monoisotopic (exact) mass is 250 g/mol. The van der Waals surface area contributed by atoms with Crippen molar-refractivity contribution in [2.24, 2.45) is 5.73 Å². The molecule has 4 heteroatoms. The average molecular weight is 250 g/mol. The van der Waals surface area contributed by atoms with Crippen LogP contribution in [0.4, 0.5) is 4.39 Å². The number of thiazole rings is 1. The number of hydrogen-bond acceptors (Lipinski definition) is 3. The molecule has 0 aliphatic heterocycles. The molecule has 17 heavy (non-hydrogen) atoms. The van der Waals surface area contributed by atoms with Crippen molar-refractivity contribution in [3.05, 3.63) is 40.8 Å². The van der Waals surface area contributed by atoms with E-state index in [0.717, 1.165) is 27.6 Å². The van der Waals surface area contributed by atoms with Gasteiger partial charge in [0.1, 0.15) is 5.82 Å². The summed E-state index contributed by atoms with van der Waals surface area (Å²) in [6.45, 7) is 3.90. The zero-order chi connectivity index (χ0) is 12.4. The van der Waals surface area contributed by atoms with Gasteiger partial charge in [0.2, 0.25) is 0 Å². The third-order valence-electron chi connectivity index (χ3n) is 2.42. The van der Waals surface area contributed by atoms with E-state index in [-0.39, 0.29) is 11.9 Å². The van der Waals surface area contributed by atoms with E-state index in [0.29, 0.717) is 0 Å². The van der Waals surface area contributed by atoms with E-state index in [2.05, 4.69) is 4.98 Å². The number of nitrogens with two attached hydrogens (primary N) is 1. The van der Waals surface area contributed by atoms with Gasteiger partial charge in [-0.2, -0.15) is 0 Å². The molecule has 0 radical (unpaired) electrons. The van der Waals surface area contributed by atoms with E-state index >= 15 is 0 Å². The lowest BCUT2D eigenvalue weighted by Gasteiger charge is -1.99. The maximum atomic E-state index is 13.2. The third-order valence-corrected chi connectivity index (χ3v) is 3.65. The van der Waals surface area contributed by atoms with Gasteiger partial charge in [0.05, 0.1) is 15.6 Å². The third kappa shape index (κ3) is 2.90. The Balaban J connectivity index is 2.36. The second kappa shape index (κ2) is 4.94. The van der Waals surface area contributed by atoms with E-state index < -0.39 is 0 Å². The Hall–Kier alpha value is -1.26. The van der Waals surface area contributed by atoms with Crippen molar-refractivity contribution in [3.63, 3.8) is 0 Å². The van der Waals surface area contributed by atoms with Crippen molar-refractivity contribution in [1.29, 1.82) is 0 Å². The van der Waals surface area contributed by atoms with E-state index in [1.165, 1.54) is 12.1 Å². The van der Waals surface area contributed by atoms with Gasteiger partial charge in [-0.15, -0.1) is 11.3 Å². The van der Waals surface area contributed by atoms with Crippen LogP contribution in [0.3, 0.4) is 0 Å². The lowest BCUT2D eigenvalue weighted by molar-refractivity contribution is 0.628.